The summed E-state index contributed by atoms with van der Waals surface area (Å²) in [5, 5.41) is 11.0. The van der Waals surface area contributed by atoms with E-state index < -0.39 is 22.5 Å². The Bertz CT molecular complexity index is 1110. The van der Waals surface area contributed by atoms with Gasteiger partial charge in [0, 0.05) is 30.5 Å². The largest absolute Gasteiger partial charge is 0.466 e. The van der Waals surface area contributed by atoms with Gasteiger partial charge in [-0.2, -0.15) is 0 Å². The molecule has 148 valence electrons. The molecule has 10 heteroatoms. The number of hydrogen-bond acceptors (Lipinski definition) is 7. The van der Waals surface area contributed by atoms with Gasteiger partial charge in [0.25, 0.3) is 5.69 Å². The molecule has 0 amide bonds. The summed E-state index contributed by atoms with van der Waals surface area (Å²) < 4.78 is 4.83. The molecule has 3 rings (SSSR count). The number of ketones is 2. The number of esters is 1. The van der Waals surface area contributed by atoms with Crippen LogP contribution in [0, 0.1) is 10.1 Å². The number of halogens is 2. The maximum atomic E-state index is 13.1. The van der Waals surface area contributed by atoms with Gasteiger partial charge in [0.2, 0.25) is 5.78 Å². The van der Waals surface area contributed by atoms with E-state index in [4.69, 9.17) is 27.9 Å². The summed E-state index contributed by atoms with van der Waals surface area (Å²) in [6.07, 6.45) is -0.0959. The summed E-state index contributed by atoms with van der Waals surface area (Å²) in [5.41, 5.74) is -0.530. The summed E-state index contributed by atoms with van der Waals surface area (Å²) in [6, 6.07) is 7.04. The third-order valence-electron chi connectivity index (χ3n) is 4.22. The molecule has 0 radical (unpaired) electrons. The molecule has 0 atom stereocenters. The van der Waals surface area contributed by atoms with E-state index in [1.54, 1.807) is 6.07 Å². The zero-order valence-electron chi connectivity index (χ0n) is 14.9. The molecule has 1 aliphatic rings. The second-order valence-electron chi connectivity index (χ2n) is 6.03. The van der Waals surface area contributed by atoms with Crippen LogP contribution >= 0.6 is 23.2 Å². The minimum Gasteiger partial charge on any atom is -0.466 e. The number of allylic oxidation sites excluding steroid dienone is 1. The van der Waals surface area contributed by atoms with Crippen LogP contribution in [0.3, 0.4) is 0 Å². The Morgan fingerprint density at radius 1 is 1.17 bits per heavy atom. The number of fused-ring (bicyclic) bond motifs is 1. The lowest BCUT2D eigenvalue weighted by Gasteiger charge is -2.20. The molecule has 1 aromatic carbocycles. The lowest BCUT2D eigenvalue weighted by molar-refractivity contribution is -0.384. The quantitative estimate of drug-likeness (QED) is 0.300. The Hall–Kier alpha value is -3.10. The number of aromatic nitrogens is 1. The lowest BCUT2D eigenvalue weighted by Crippen LogP contribution is -2.24. The van der Waals surface area contributed by atoms with E-state index in [9.17, 15) is 24.5 Å². The van der Waals surface area contributed by atoms with Crippen molar-refractivity contribution < 1.29 is 24.0 Å². The molecule has 2 aromatic rings. The minimum atomic E-state index is -0.735. The molecule has 1 aliphatic carbocycles. The van der Waals surface area contributed by atoms with Crippen molar-refractivity contribution >= 4 is 46.4 Å². The second kappa shape index (κ2) is 8.10. The van der Waals surface area contributed by atoms with Gasteiger partial charge in [-0.15, -0.1) is 0 Å². The number of para-hydroxylation sites is 1. The Morgan fingerprint density at radius 2 is 1.86 bits per heavy atom. The van der Waals surface area contributed by atoms with Gasteiger partial charge in [-0.05, 0) is 12.1 Å². The molecule has 0 bridgehead atoms. The lowest BCUT2D eigenvalue weighted by atomic mass is 9.86. The predicted molar refractivity (Wildman–Crippen MR) is 104 cm³/mol. The third kappa shape index (κ3) is 3.90. The highest BCUT2D eigenvalue weighted by Gasteiger charge is 2.36. The van der Waals surface area contributed by atoms with Crippen LogP contribution in [0.25, 0.3) is 11.1 Å². The van der Waals surface area contributed by atoms with E-state index in [2.05, 4.69) is 4.98 Å². The fraction of sp³-hybridized carbons (Fsp3) is 0.158. The average Bonchev–Trinajstić information content (AvgIpc) is 2.67. The summed E-state index contributed by atoms with van der Waals surface area (Å²) in [5.74, 6) is -1.92. The van der Waals surface area contributed by atoms with E-state index in [1.807, 2.05) is 0 Å². The number of rotatable bonds is 5. The van der Waals surface area contributed by atoms with Crippen molar-refractivity contribution in [3.63, 3.8) is 0 Å². The molecule has 29 heavy (non-hydrogen) atoms. The molecular formula is C19H12Cl2N2O6. The van der Waals surface area contributed by atoms with Gasteiger partial charge in [0.05, 0.1) is 27.7 Å². The Morgan fingerprint density at radius 3 is 2.52 bits per heavy atom. The van der Waals surface area contributed by atoms with Gasteiger partial charge < -0.3 is 4.74 Å². The third-order valence-corrected chi connectivity index (χ3v) is 4.81. The number of nitrogens with zero attached hydrogens (tertiary/aromatic N) is 2. The minimum absolute atomic E-state index is 0.0608. The molecule has 0 unspecified atom stereocenters. The average molecular weight is 435 g/mol. The maximum absolute atomic E-state index is 13.1. The molecule has 1 heterocycles. The Balaban J connectivity index is 2.19. The first kappa shape index (κ1) is 20.6. The normalized spacial score (nSPS) is 13.3. The van der Waals surface area contributed by atoms with Gasteiger partial charge in [0.15, 0.2) is 5.78 Å². The van der Waals surface area contributed by atoms with E-state index in [0.29, 0.717) is 0 Å². The number of hydrogen-bond donors (Lipinski definition) is 0. The SMILES string of the molecule is CC(=O)OCCC1=C(Cl)C(=O)c2nc(Cl)cc(-c3ccccc3[N+](=O)[O-])c2C1=O. The standard InChI is InChI=1S/C19H12Cl2N2O6/c1-9(24)29-7-6-11-16(21)19(26)17-15(18(11)25)12(8-14(20)22-17)10-4-2-3-5-13(10)23(27)28/h2-5,8H,6-7H2,1H3. The maximum Gasteiger partial charge on any atom is 0.302 e. The summed E-state index contributed by atoms with van der Waals surface area (Å²) >= 11 is 12.1. The summed E-state index contributed by atoms with van der Waals surface area (Å²) in [6.45, 7) is 1.05. The molecular weight excluding hydrogens is 423 g/mol. The molecule has 0 N–H and O–H groups in total. The first-order valence-electron chi connectivity index (χ1n) is 8.28. The highest BCUT2D eigenvalue weighted by molar-refractivity contribution is 6.50. The van der Waals surface area contributed by atoms with Crippen LogP contribution in [0.2, 0.25) is 5.15 Å². The zero-order valence-corrected chi connectivity index (χ0v) is 16.4. The molecule has 0 spiro atoms. The molecule has 0 aliphatic heterocycles. The Kier molecular flexibility index (Phi) is 5.76. The van der Waals surface area contributed by atoms with Crippen molar-refractivity contribution in [1.82, 2.24) is 4.98 Å². The number of pyridine rings is 1. The van der Waals surface area contributed by atoms with Gasteiger partial charge in [-0.1, -0.05) is 35.3 Å². The zero-order chi connectivity index (χ0) is 21.3. The van der Waals surface area contributed by atoms with Crippen molar-refractivity contribution in [2.45, 2.75) is 13.3 Å². The van der Waals surface area contributed by atoms with Crippen LogP contribution in [-0.4, -0.2) is 34.0 Å². The van der Waals surface area contributed by atoms with E-state index in [0.717, 1.165) is 0 Å². The number of carbonyl (C=O) groups excluding carboxylic acids is 3. The molecule has 0 saturated heterocycles. The second-order valence-corrected chi connectivity index (χ2v) is 6.80. The van der Waals surface area contributed by atoms with Crippen molar-refractivity contribution in [3.05, 3.63) is 67.5 Å². The summed E-state index contributed by atoms with van der Waals surface area (Å²) in [7, 11) is 0. The van der Waals surface area contributed by atoms with Crippen LogP contribution in [0.15, 0.2) is 40.9 Å². The van der Waals surface area contributed by atoms with Gasteiger partial charge in [-0.25, -0.2) is 4.98 Å². The van der Waals surface area contributed by atoms with Crippen LogP contribution in [0.4, 0.5) is 5.69 Å². The van der Waals surface area contributed by atoms with E-state index in [-0.39, 0.29) is 56.9 Å². The predicted octanol–water partition coefficient (Wildman–Crippen LogP) is 4.14. The first-order chi connectivity index (χ1) is 13.7. The molecule has 8 nitrogen and oxygen atoms in total. The smallest absolute Gasteiger partial charge is 0.302 e. The van der Waals surface area contributed by atoms with Crippen molar-refractivity contribution in [2.24, 2.45) is 0 Å². The monoisotopic (exact) mass is 434 g/mol. The highest BCUT2D eigenvalue weighted by Crippen LogP contribution is 2.39. The fourth-order valence-corrected chi connectivity index (χ4v) is 3.46. The Labute approximate surface area is 174 Å². The molecule has 0 fully saturated rings. The number of nitro benzene ring substituents is 1. The topological polar surface area (TPSA) is 116 Å². The number of benzene rings is 1. The highest BCUT2D eigenvalue weighted by atomic mass is 35.5. The fourth-order valence-electron chi connectivity index (χ4n) is 2.99. The molecule has 1 aromatic heterocycles. The van der Waals surface area contributed by atoms with E-state index >= 15 is 0 Å². The number of nitro groups is 1. The van der Waals surface area contributed by atoms with E-state index in [1.165, 1.54) is 31.2 Å². The van der Waals surface area contributed by atoms with Gasteiger partial charge >= 0.3 is 5.97 Å². The molecule has 0 saturated carbocycles. The van der Waals surface area contributed by atoms with Crippen LogP contribution in [-0.2, 0) is 9.53 Å². The van der Waals surface area contributed by atoms with Crippen LogP contribution < -0.4 is 0 Å². The number of carbonyl (C=O) groups is 3. The van der Waals surface area contributed by atoms with Crippen LogP contribution in [0.1, 0.15) is 34.2 Å². The van der Waals surface area contributed by atoms with Crippen molar-refractivity contribution in [1.29, 1.82) is 0 Å². The summed E-state index contributed by atoms with van der Waals surface area (Å²) in [4.78, 5) is 51.6. The van der Waals surface area contributed by atoms with Crippen molar-refractivity contribution in [2.75, 3.05) is 6.61 Å². The van der Waals surface area contributed by atoms with Crippen LogP contribution in [0.5, 0.6) is 0 Å². The van der Waals surface area contributed by atoms with Crippen molar-refractivity contribution in [3.8, 4) is 11.1 Å². The number of Topliss-reactive ketones (excluding diaryl/α,β-unsaturated/α-hetero) is 2. The van der Waals surface area contributed by atoms with Gasteiger partial charge in [0.1, 0.15) is 10.8 Å². The number of ether oxygens (including phenoxy) is 1. The first-order valence-corrected chi connectivity index (χ1v) is 9.03. The van der Waals surface area contributed by atoms with Gasteiger partial charge in [-0.3, -0.25) is 24.5 Å².